The fourth-order valence-corrected chi connectivity index (χ4v) is 5.57. The average Bonchev–Trinajstić information content (AvgIpc) is 2.91. The number of nitrogens with one attached hydrogen (secondary N) is 1. The standard InChI is InChI=1S/C27H36N4O7S/c1-20(27(33)28-22-12-8-5-9-13-22)29(17-16-21-10-6-4-7-11-21)26(32)19-30(39(3,36)37)24-18-23(31(34)35)14-15-25(24)38-2/h4,6-7,10-11,14-15,18,20,22H,5,8-9,12-13,16-17,19H2,1-3H3,(H,28,33). The molecule has 11 nitrogen and oxygen atoms in total. The van der Waals surface area contributed by atoms with Crippen molar-refractivity contribution < 1.29 is 27.7 Å². The number of nitro groups is 1. The van der Waals surface area contributed by atoms with E-state index < -0.39 is 33.4 Å². The second kappa shape index (κ2) is 13.4. The highest BCUT2D eigenvalue weighted by Crippen LogP contribution is 2.33. The van der Waals surface area contributed by atoms with Crippen molar-refractivity contribution in [2.45, 2.75) is 57.5 Å². The Morgan fingerprint density at radius 2 is 1.79 bits per heavy atom. The van der Waals surface area contributed by atoms with Gasteiger partial charge in [-0.3, -0.25) is 24.0 Å². The number of amides is 2. The van der Waals surface area contributed by atoms with E-state index in [1.165, 1.54) is 24.1 Å². The molecule has 12 heteroatoms. The average molecular weight is 561 g/mol. The van der Waals surface area contributed by atoms with Crippen molar-refractivity contribution in [2.75, 3.05) is 30.8 Å². The molecule has 1 aliphatic carbocycles. The number of rotatable bonds is 12. The Kier molecular flexibility index (Phi) is 10.3. The fraction of sp³-hybridized carbons (Fsp3) is 0.481. The predicted octanol–water partition coefficient (Wildman–Crippen LogP) is 3.28. The highest BCUT2D eigenvalue weighted by atomic mass is 32.2. The molecular formula is C27H36N4O7S. The maximum Gasteiger partial charge on any atom is 0.271 e. The number of non-ortho nitro benzene ring substituents is 1. The summed E-state index contributed by atoms with van der Waals surface area (Å²) in [5.41, 5.74) is 0.466. The number of ether oxygens (including phenoxy) is 1. The van der Waals surface area contributed by atoms with Crippen LogP contribution in [0.15, 0.2) is 48.5 Å². The summed E-state index contributed by atoms with van der Waals surface area (Å²) in [5.74, 6) is -0.865. The SMILES string of the molecule is COc1ccc([N+](=O)[O-])cc1N(CC(=O)N(CCc1ccccc1)C(C)C(=O)NC1CCCCC1)S(C)(=O)=O. The molecule has 2 aromatic rings. The molecule has 0 radical (unpaired) electrons. The summed E-state index contributed by atoms with van der Waals surface area (Å²) in [6.45, 7) is 1.14. The van der Waals surface area contributed by atoms with Gasteiger partial charge in [0.1, 0.15) is 24.0 Å². The zero-order chi connectivity index (χ0) is 28.6. The molecule has 1 saturated carbocycles. The molecule has 0 spiro atoms. The number of methoxy groups -OCH3 is 1. The summed E-state index contributed by atoms with van der Waals surface area (Å²) in [5, 5.41) is 14.4. The van der Waals surface area contributed by atoms with Crippen LogP contribution in [0.5, 0.6) is 5.75 Å². The van der Waals surface area contributed by atoms with Gasteiger partial charge in [0.25, 0.3) is 5.69 Å². The van der Waals surface area contributed by atoms with Gasteiger partial charge in [-0.15, -0.1) is 0 Å². The zero-order valence-electron chi connectivity index (χ0n) is 22.5. The van der Waals surface area contributed by atoms with Crippen LogP contribution in [0, 0.1) is 10.1 Å². The van der Waals surface area contributed by atoms with Gasteiger partial charge in [0.2, 0.25) is 21.8 Å². The number of hydrogen-bond donors (Lipinski definition) is 1. The second-order valence-electron chi connectivity index (χ2n) is 9.73. The highest BCUT2D eigenvalue weighted by molar-refractivity contribution is 7.92. The summed E-state index contributed by atoms with van der Waals surface area (Å²) in [4.78, 5) is 39.0. The Morgan fingerprint density at radius 3 is 2.38 bits per heavy atom. The van der Waals surface area contributed by atoms with Crippen molar-refractivity contribution >= 4 is 33.2 Å². The lowest BCUT2D eigenvalue weighted by atomic mass is 9.95. The van der Waals surface area contributed by atoms with E-state index in [1.807, 2.05) is 30.3 Å². The number of benzene rings is 2. The monoisotopic (exact) mass is 560 g/mol. The Morgan fingerprint density at radius 1 is 1.13 bits per heavy atom. The van der Waals surface area contributed by atoms with Gasteiger partial charge in [-0.05, 0) is 37.8 Å². The van der Waals surface area contributed by atoms with Gasteiger partial charge in [-0.25, -0.2) is 8.42 Å². The first-order valence-electron chi connectivity index (χ1n) is 12.9. The Bertz CT molecular complexity index is 1260. The van der Waals surface area contributed by atoms with Crippen molar-refractivity contribution in [1.82, 2.24) is 10.2 Å². The molecule has 1 aliphatic rings. The van der Waals surface area contributed by atoms with E-state index in [2.05, 4.69) is 5.32 Å². The normalized spacial score (nSPS) is 14.7. The predicted molar refractivity (Wildman–Crippen MR) is 148 cm³/mol. The molecule has 39 heavy (non-hydrogen) atoms. The smallest absolute Gasteiger partial charge is 0.271 e. The van der Waals surface area contributed by atoms with Crippen molar-refractivity contribution in [2.24, 2.45) is 0 Å². The molecule has 3 rings (SSSR count). The molecule has 0 aromatic heterocycles. The first-order valence-corrected chi connectivity index (χ1v) is 14.8. The topological polar surface area (TPSA) is 139 Å². The molecule has 212 valence electrons. The number of anilines is 1. The lowest BCUT2D eigenvalue weighted by molar-refractivity contribution is -0.384. The third-order valence-electron chi connectivity index (χ3n) is 6.92. The number of carbonyl (C=O) groups is 2. The fourth-order valence-electron chi connectivity index (χ4n) is 4.72. The molecule has 0 bridgehead atoms. The van der Waals surface area contributed by atoms with Crippen molar-refractivity contribution in [1.29, 1.82) is 0 Å². The summed E-state index contributed by atoms with van der Waals surface area (Å²) < 4.78 is 31.7. The minimum Gasteiger partial charge on any atom is -0.495 e. The van der Waals surface area contributed by atoms with Gasteiger partial charge in [0.05, 0.1) is 18.3 Å². The van der Waals surface area contributed by atoms with Crippen LogP contribution in [0.4, 0.5) is 11.4 Å². The van der Waals surface area contributed by atoms with E-state index in [0.29, 0.717) is 6.42 Å². The van der Waals surface area contributed by atoms with Crippen molar-refractivity contribution in [3.05, 3.63) is 64.2 Å². The van der Waals surface area contributed by atoms with Crippen LogP contribution >= 0.6 is 0 Å². The van der Waals surface area contributed by atoms with Crippen LogP contribution < -0.4 is 14.4 Å². The molecule has 1 N–H and O–H groups in total. The van der Waals surface area contributed by atoms with Crippen molar-refractivity contribution in [3.63, 3.8) is 0 Å². The Labute approximate surface area is 229 Å². The first kappa shape index (κ1) is 29.9. The number of nitrogens with zero attached hydrogens (tertiary/aromatic N) is 3. The lowest BCUT2D eigenvalue weighted by Gasteiger charge is -2.33. The molecule has 1 atom stereocenters. The first-order chi connectivity index (χ1) is 18.5. The molecule has 2 amide bonds. The number of sulfonamides is 1. The Hall–Kier alpha value is -3.67. The molecule has 0 saturated heterocycles. The van der Waals surface area contributed by atoms with Gasteiger partial charge in [-0.2, -0.15) is 0 Å². The van der Waals surface area contributed by atoms with E-state index in [-0.39, 0.29) is 35.6 Å². The third-order valence-corrected chi connectivity index (χ3v) is 8.05. The largest absolute Gasteiger partial charge is 0.495 e. The second-order valence-corrected chi connectivity index (χ2v) is 11.6. The Balaban J connectivity index is 1.90. The van der Waals surface area contributed by atoms with E-state index in [9.17, 15) is 28.1 Å². The summed E-state index contributed by atoms with van der Waals surface area (Å²) in [7, 11) is -2.77. The molecule has 1 fully saturated rings. The van der Waals surface area contributed by atoms with Gasteiger partial charge in [-0.1, -0.05) is 49.6 Å². The number of nitro benzene ring substituents is 1. The number of hydrogen-bond acceptors (Lipinski definition) is 7. The lowest BCUT2D eigenvalue weighted by Crippen LogP contribution is -2.53. The van der Waals surface area contributed by atoms with Crippen LogP contribution in [-0.4, -0.2) is 68.6 Å². The third kappa shape index (κ3) is 8.16. The minimum absolute atomic E-state index is 0.0430. The summed E-state index contributed by atoms with van der Waals surface area (Å²) in [6, 6.07) is 12.2. The molecule has 0 heterocycles. The maximum atomic E-state index is 13.7. The van der Waals surface area contributed by atoms with Crippen molar-refractivity contribution in [3.8, 4) is 5.75 Å². The molecule has 1 unspecified atom stereocenters. The van der Waals surface area contributed by atoms with E-state index in [0.717, 1.165) is 54.3 Å². The van der Waals surface area contributed by atoms with Gasteiger partial charge in [0.15, 0.2) is 0 Å². The van der Waals surface area contributed by atoms with Gasteiger partial charge in [0, 0.05) is 24.7 Å². The molecule has 2 aromatic carbocycles. The van der Waals surface area contributed by atoms with Crippen LogP contribution in [0.2, 0.25) is 0 Å². The zero-order valence-corrected chi connectivity index (χ0v) is 23.4. The number of carbonyl (C=O) groups excluding carboxylic acids is 2. The van der Waals surface area contributed by atoms with Crippen LogP contribution in [0.25, 0.3) is 0 Å². The summed E-state index contributed by atoms with van der Waals surface area (Å²) in [6.07, 6.45) is 6.31. The van der Waals surface area contributed by atoms with Gasteiger partial charge < -0.3 is 15.0 Å². The van der Waals surface area contributed by atoms with Crippen LogP contribution in [0.3, 0.4) is 0 Å². The summed E-state index contributed by atoms with van der Waals surface area (Å²) >= 11 is 0. The minimum atomic E-state index is -4.07. The maximum absolute atomic E-state index is 13.7. The quantitative estimate of drug-likeness (QED) is 0.310. The highest BCUT2D eigenvalue weighted by Gasteiger charge is 2.32. The van der Waals surface area contributed by atoms with Crippen LogP contribution in [-0.2, 0) is 26.0 Å². The van der Waals surface area contributed by atoms with Crippen LogP contribution in [0.1, 0.15) is 44.6 Å². The molecule has 0 aliphatic heterocycles. The molecular weight excluding hydrogens is 524 g/mol. The van der Waals surface area contributed by atoms with E-state index >= 15 is 0 Å². The van der Waals surface area contributed by atoms with E-state index in [4.69, 9.17) is 4.74 Å². The van der Waals surface area contributed by atoms with Gasteiger partial charge >= 0.3 is 0 Å². The van der Waals surface area contributed by atoms with E-state index in [1.54, 1.807) is 6.92 Å².